The van der Waals surface area contributed by atoms with Crippen molar-refractivity contribution in [1.82, 2.24) is 4.57 Å². The van der Waals surface area contributed by atoms with E-state index in [1.54, 1.807) is 32.9 Å². The Labute approximate surface area is 173 Å². The third-order valence-electron chi connectivity index (χ3n) is 5.50. The summed E-state index contributed by atoms with van der Waals surface area (Å²) in [6, 6.07) is 7.71. The summed E-state index contributed by atoms with van der Waals surface area (Å²) in [6.45, 7) is 7.28. The molecule has 0 aliphatic heterocycles. The van der Waals surface area contributed by atoms with Gasteiger partial charge in [-0.25, -0.2) is 22.5 Å². The van der Waals surface area contributed by atoms with Crippen LogP contribution in [-0.2, 0) is 4.74 Å². The Morgan fingerprint density at radius 3 is 2.23 bits per heavy atom. The molecule has 0 radical (unpaired) electrons. The molecule has 0 spiro atoms. The zero-order valence-electron chi connectivity index (χ0n) is 17.4. The van der Waals surface area contributed by atoms with Crippen molar-refractivity contribution in [3.63, 3.8) is 0 Å². The number of fused-ring (bicyclic) bond motifs is 1. The van der Waals surface area contributed by atoms with Crippen molar-refractivity contribution < 1.29 is 22.7 Å². The highest BCUT2D eigenvalue weighted by Gasteiger charge is 2.36. The Bertz CT molecular complexity index is 1120. The van der Waals surface area contributed by atoms with Crippen LogP contribution in [0.3, 0.4) is 0 Å². The molecule has 4 rings (SSSR count). The summed E-state index contributed by atoms with van der Waals surface area (Å²) >= 11 is 0. The normalized spacial score (nSPS) is 19.0. The molecule has 3 nitrogen and oxygen atoms in total. The molecule has 1 saturated carbocycles. The second-order valence-corrected chi connectivity index (χ2v) is 9.14. The number of hydrogen-bond acceptors (Lipinski definition) is 2. The molecule has 0 saturated heterocycles. The minimum absolute atomic E-state index is 0.0143. The molecule has 3 aromatic rings. The fourth-order valence-corrected chi connectivity index (χ4v) is 4.29. The average Bonchev–Trinajstić information content (AvgIpc) is 2.93. The summed E-state index contributed by atoms with van der Waals surface area (Å²) in [7, 11) is 0. The highest BCUT2D eigenvalue weighted by atomic mass is 19.1. The van der Waals surface area contributed by atoms with Crippen LogP contribution in [0.15, 0.2) is 36.4 Å². The minimum Gasteiger partial charge on any atom is -0.443 e. The van der Waals surface area contributed by atoms with Crippen LogP contribution < -0.4 is 0 Å². The first-order valence-corrected chi connectivity index (χ1v) is 10.1. The number of hydrogen-bond donors (Lipinski definition) is 0. The van der Waals surface area contributed by atoms with Gasteiger partial charge < -0.3 is 4.74 Å². The topological polar surface area (TPSA) is 31.2 Å². The second kappa shape index (κ2) is 7.18. The number of carbonyl (C=O) groups excluding carboxylic acids is 1. The van der Waals surface area contributed by atoms with Gasteiger partial charge >= 0.3 is 6.09 Å². The molecular weight excluding hydrogens is 391 g/mol. The molecular formula is C24H24F3NO2. The lowest BCUT2D eigenvalue weighted by atomic mass is 9.71. The van der Waals surface area contributed by atoms with Gasteiger partial charge in [0.25, 0.3) is 0 Å². The number of nitrogens with zero attached hydrogens (tertiary/aromatic N) is 1. The smallest absolute Gasteiger partial charge is 0.419 e. The van der Waals surface area contributed by atoms with E-state index in [9.17, 15) is 13.6 Å². The first kappa shape index (κ1) is 20.5. The van der Waals surface area contributed by atoms with Gasteiger partial charge in [-0.2, -0.15) is 0 Å². The van der Waals surface area contributed by atoms with Crippen molar-refractivity contribution in [2.24, 2.45) is 5.92 Å². The summed E-state index contributed by atoms with van der Waals surface area (Å²) in [4.78, 5) is 13.2. The van der Waals surface area contributed by atoms with E-state index in [0.717, 1.165) is 18.9 Å². The van der Waals surface area contributed by atoms with Gasteiger partial charge in [-0.1, -0.05) is 6.92 Å². The summed E-state index contributed by atoms with van der Waals surface area (Å²) in [5, 5.41) is 0.356. The Morgan fingerprint density at radius 2 is 1.67 bits per heavy atom. The molecule has 158 valence electrons. The quantitative estimate of drug-likeness (QED) is 0.450. The van der Waals surface area contributed by atoms with Gasteiger partial charge in [0, 0.05) is 11.5 Å². The van der Waals surface area contributed by atoms with Gasteiger partial charge in [0.1, 0.15) is 17.2 Å². The molecule has 6 heteroatoms. The molecule has 0 bridgehead atoms. The van der Waals surface area contributed by atoms with E-state index in [1.807, 2.05) is 0 Å². The van der Waals surface area contributed by atoms with Gasteiger partial charge in [-0.05, 0) is 86.9 Å². The molecule has 30 heavy (non-hydrogen) atoms. The van der Waals surface area contributed by atoms with Crippen LogP contribution >= 0.6 is 0 Å². The van der Waals surface area contributed by atoms with Gasteiger partial charge in [-0.15, -0.1) is 0 Å². The molecule has 1 aliphatic carbocycles. The predicted octanol–water partition coefficient (Wildman–Crippen LogP) is 7.02. The van der Waals surface area contributed by atoms with Gasteiger partial charge in [-0.3, -0.25) is 0 Å². The highest BCUT2D eigenvalue weighted by Crippen LogP contribution is 2.49. The third-order valence-corrected chi connectivity index (χ3v) is 5.50. The lowest BCUT2D eigenvalue weighted by molar-refractivity contribution is 0.0546. The summed E-state index contributed by atoms with van der Waals surface area (Å²) in [5.41, 5.74) is 0.863. The van der Waals surface area contributed by atoms with E-state index < -0.39 is 29.1 Å². The third kappa shape index (κ3) is 3.59. The van der Waals surface area contributed by atoms with E-state index in [4.69, 9.17) is 4.74 Å². The molecule has 0 atom stereocenters. The summed E-state index contributed by atoms with van der Waals surface area (Å²) in [6.07, 6.45) is 0.940. The molecule has 1 aliphatic rings. The first-order valence-electron chi connectivity index (χ1n) is 10.1. The predicted molar refractivity (Wildman–Crippen MR) is 110 cm³/mol. The standard InChI is InChI=1S/C24H24F3NO2/c1-13-9-15(10-13)20-18-11-17(26)12-19(27)22(18)28(23(29)30-24(2,3)4)21(20)14-5-7-16(25)8-6-14/h5-8,11-13,15H,9-10H2,1-4H3. The molecule has 0 amide bonds. The van der Waals surface area contributed by atoms with E-state index in [0.29, 0.717) is 28.1 Å². The van der Waals surface area contributed by atoms with Gasteiger partial charge in [0.15, 0.2) is 5.82 Å². The van der Waals surface area contributed by atoms with Gasteiger partial charge in [0.05, 0.1) is 11.2 Å². The maximum atomic E-state index is 15.0. The fourth-order valence-electron chi connectivity index (χ4n) is 4.29. The maximum Gasteiger partial charge on any atom is 0.419 e. The number of halogens is 3. The van der Waals surface area contributed by atoms with Crippen LogP contribution in [0.1, 0.15) is 52.0 Å². The fraction of sp³-hybridized carbons (Fsp3) is 0.375. The molecule has 1 aromatic heterocycles. The largest absolute Gasteiger partial charge is 0.443 e. The van der Waals surface area contributed by atoms with Crippen molar-refractivity contribution in [2.45, 2.75) is 52.1 Å². The Balaban J connectivity index is 2.07. The van der Waals surface area contributed by atoms with Gasteiger partial charge in [0.2, 0.25) is 0 Å². The Hall–Kier alpha value is -2.76. The number of benzene rings is 2. The van der Waals surface area contributed by atoms with Crippen LogP contribution in [0.4, 0.5) is 18.0 Å². The second-order valence-electron chi connectivity index (χ2n) is 9.14. The SMILES string of the molecule is CC1CC(c2c(-c3ccc(F)cc3)n(C(=O)OC(C)(C)C)c3c(F)cc(F)cc23)C1. The van der Waals surface area contributed by atoms with Crippen molar-refractivity contribution in [1.29, 1.82) is 0 Å². The number of aromatic nitrogens is 1. The van der Waals surface area contributed by atoms with E-state index in [2.05, 4.69) is 6.92 Å². The van der Waals surface area contributed by atoms with Crippen molar-refractivity contribution in [2.75, 3.05) is 0 Å². The average molecular weight is 415 g/mol. The van der Waals surface area contributed by atoms with Crippen LogP contribution in [-0.4, -0.2) is 16.3 Å². The lowest BCUT2D eigenvalue weighted by Crippen LogP contribution is -2.28. The highest BCUT2D eigenvalue weighted by molar-refractivity contribution is 6.00. The number of rotatable bonds is 2. The summed E-state index contributed by atoms with van der Waals surface area (Å²) < 4.78 is 49.5. The van der Waals surface area contributed by atoms with E-state index in [1.165, 1.54) is 22.8 Å². The molecule has 0 unspecified atom stereocenters. The Kier molecular flexibility index (Phi) is 4.91. The van der Waals surface area contributed by atoms with E-state index in [-0.39, 0.29) is 11.4 Å². The minimum atomic E-state index is -0.835. The molecule has 0 N–H and O–H groups in total. The zero-order chi connectivity index (χ0) is 21.8. The molecule has 2 aromatic carbocycles. The first-order chi connectivity index (χ1) is 14.0. The van der Waals surface area contributed by atoms with Crippen LogP contribution in [0, 0.1) is 23.4 Å². The van der Waals surface area contributed by atoms with Crippen molar-refractivity contribution >= 4 is 17.0 Å². The van der Waals surface area contributed by atoms with Crippen LogP contribution in [0.25, 0.3) is 22.2 Å². The maximum absolute atomic E-state index is 15.0. The summed E-state index contributed by atoms with van der Waals surface area (Å²) in [5.74, 6) is -1.44. The van der Waals surface area contributed by atoms with E-state index >= 15 is 4.39 Å². The number of ether oxygens (including phenoxy) is 1. The van der Waals surface area contributed by atoms with Crippen LogP contribution in [0.5, 0.6) is 0 Å². The van der Waals surface area contributed by atoms with Crippen molar-refractivity contribution in [3.05, 3.63) is 59.4 Å². The molecule has 1 heterocycles. The zero-order valence-corrected chi connectivity index (χ0v) is 17.4. The molecule has 1 fully saturated rings. The van der Waals surface area contributed by atoms with Crippen LogP contribution in [0.2, 0.25) is 0 Å². The lowest BCUT2D eigenvalue weighted by Gasteiger charge is -2.33. The Morgan fingerprint density at radius 1 is 1.03 bits per heavy atom. The van der Waals surface area contributed by atoms with Crippen molar-refractivity contribution in [3.8, 4) is 11.3 Å². The number of carbonyl (C=O) groups is 1. The monoisotopic (exact) mass is 415 g/mol.